The van der Waals surface area contributed by atoms with E-state index in [2.05, 4.69) is 33.3 Å². The quantitative estimate of drug-likeness (QED) is 0.634. The molecule has 0 bridgehead atoms. The van der Waals surface area contributed by atoms with E-state index in [-0.39, 0.29) is 24.8 Å². The van der Waals surface area contributed by atoms with Gasteiger partial charge in [0, 0.05) is 29.3 Å². The average Bonchev–Trinajstić information content (AvgIpc) is 3.11. The second-order valence-corrected chi connectivity index (χ2v) is 8.27. The summed E-state index contributed by atoms with van der Waals surface area (Å²) in [6.07, 6.45) is 2.72. The summed E-state index contributed by atoms with van der Waals surface area (Å²) < 4.78 is 16.9. The van der Waals surface area contributed by atoms with Gasteiger partial charge in [-0.1, -0.05) is 13.0 Å². The van der Waals surface area contributed by atoms with Gasteiger partial charge in [0.2, 0.25) is 0 Å². The number of fused-ring (bicyclic) bond motifs is 1. The average molecular weight is 402 g/mol. The summed E-state index contributed by atoms with van der Waals surface area (Å²) in [5.41, 5.74) is 15.4. The van der Waals surface area contributed by atoms with Crippen molar-refractivity contribution >= 4 is 0 Å². The van der Waals surface area contributed by atoms with E-state index in [4.69, 9.17) is 5.73 Å². The summed E-state index contributed by atoms with van der Waals surface area (Å²) in [5, 5.41) is 13.1. The number of aromatic nitrogens is 1. The summed E-state index contributed by atoms with van der Waals surface area (Å²) in [6, 6.07) is 5.71. The first-order valence-electron chi connectivity index (χ1n) is 10.6. The molecule has 3 heterocycles. The summed E-state index contributed by atoms with van der Waals surface area (Å²) >= 11 is 0. The van der Waals surface area contributed by atoms with Crippen LogP contribution in [0.2, 0.25) is 0 Å². The Morgan fingerprint density at radius 2 is 2.10 bits per heavy atom. The van der Waals surface area contributed by atoms with E-state index >= 15 is 0 Å². The van der Waals surface area contributed by atoms with Gasteiger partial charge in [0.25, 0.3) is 0 Å². The zero-order chi connectivity index (χ0) is 20.7. The predicted octanol–water partition coefficient (Wildman–Crippen LogP) is 2.61. The Balaban J connectivity index is 1.89. The highest BCUT2D eigenvalue weighted by atomic mass is 19.1. The predicted molar refractivity (Wildman–Crippen MR) is 113 cm³/mol. The van der Waals surface area contributed by atoms with Crippen LogP contribution in [0.4, 0.5) is 4.39 Å². The van der Waals surface area contributed by atoms with Gasteiger partial charge in [-0.15, -0.1) is 0 Å². The minimum absolute atomic E-state index is 0.0905. The van der Waals surface area contributed by atoms with Gasteiger partial charge in [-0.25, -0.2) is 4.39 Å². The number of hydrogen-bond acceptors (Lipinski definition) is 5. The van der Waals surface area contributed by atoms with E-state index in [0.29, 0.717) is 17.9 Å². The number of piperidine rings is 1. The third-order valence-electron chi connectivity index (χ3n) is 6.57. The molecule has 1 aromatic heterocycles. The van der Waals surface area contributed by atoms with Crippen molar-refractivity contribution in [2.75, 3.05) is 25.6 Å². The van der Waals surface area contributed by atoms with Crippen molar-refractivity contribution in [2.45, 2.75) is 58.0 Å². The normalized spacial score (nSPS) is 25.0. The van der Waals surface area contributed by atoms with Gasteiger partial charge in [-0.3, -0.25) is 9.58 Å². The standard InChI is InChI=1S/C22H32FN5O/c1-4-14-8-16(9-19(23)18(14)12-29)17-10-20(15-6-5-7-25-11-15)28-21(17)22(24)27(3)13(2)26-28/h8-10,13,15,22,25-26,29H,4-7,11-12,24H2,1-3H3. The Bertz CT molecular complexity index is 890. The molecule has 4 rings (SSSR count). The van der Waals surface area contributed by atoms with Crippen LogP contribution in [0.5, 0.6) is 0 Å². The smallest absolute Gasteiger partial charge is 0.129 e. The van der Waals surface area contributed by atoms with E-state index in [1.54, 1.807) is 0 Å². The molecule has 29 heavy (non-hydrogen) atoms. The molecule has 0 aliphatic carbocycles. The molecule has 1 fully saturated rings. The van der Waals surface area contributed by atoms with Gasteiger partial charge in [0.05, 0.1) is 18.5 Å². The Morgan fingerprint density at radius 3 is 2.76 bits per heavy atom. The van der Waals surface area contributed by atoms with E-state index in [0.717, 1.165) is 48.3 Å². The summed E-state index contributed by atoms with van der Waals surface area (Å²) in [6.45, 7) is 5.77. The molecular weight excluding hydrogens is 369 g/mol. The Morgan fingerprint density at radius 1 is 1.31 bits per heavy atom. The Labute approximate surface area is 171 Å². The third kappa shape index (κ3) is 3.46. The molecule has 2 aromatic rings. The Hall–Kier alpha value is -1.93. The summed E-state index contributed by atoms with van der Waals surface area (Å²) in [7, 11) is 2.00. The summed E-state index contributed by atoms with van der Waals surface area (Å²) in [4.78, 5) is 2.08. The van der Waals surface area contributed by atoms with Crippen molar-refractivity contribution in [3.8, 4) is 11.1 Å². The van der Waals surface area contributed by atoms with Crippen LogP contribution in [0, 0.1) is 5.82 Å². The van der Waals surface area contributed by atoms with Gasteiger partial charge in [-0.2, -0.15) is 0 Å². The maximum Gasteiger partial charge on any atom is 0.129 e. The van der Waals surface area contributed by atoms with Crippen molar-refractivity contribution in [1.29, 1.82) is 0 Å². The summed E-state index contributed by atoms with van der Waals surface area (Å²) in [5.74, 6) is 0.0282. The number of nitrogens with two attached hydrogens (primary N) is 1. The topological polar surface area (TPSA) is 78.5 Å². The number of aliphatic hydroxyl groups is 1. The van der Waals surface area contributed by atoms with Crippen LogP contribution in [0.25, 0.3) is 11.1 Å². The highest BCUT2D eigenvalue weighted by Crippen LogP contribution is 2.39. The second kappa shape index (κ2) is 8.07. The molecule has 7 heteroatoms. The fraction of sp³-hybridized carbons (Fsp3) is 0.545. The fourth-order valence-electron chi connectivity index (χ4n) is 4.67. The molecule has 1 saturated heterocycles. The van der Waals surface area contributed by atoms with Gasteiger partial charge >= 0.3 is 0 Å². The number of hydrogen-bond donors (Lipinski definition) is 4. The second-order valence-electron chi connectivity index (χ2n) is 8.27. The molecule has 0 saturated carbocycles. The number of aryl methyl sites for hydroxylation is 1. The first-order valence-corrected chi connectivity index (χ1v) is 10.6. The lowest BCUT2D eigenvalue weighted by molar-refractivity contribution is 0.164. The SMILES string of the molecule is CCc1cc(-c2cc(C3CCCNC3)n3c2C(N)N(C)C(C)N3)cc(F)c1CO. The van der Waals surface area contributed by atoms with E-state index in [9.17, 15) is 9.50 Å². The number of rotatable bonds is 4. The Kier molecular flexibility index (Phi) is 5.66. The monoisotopic (exact) mass is 401 g/mol. The lowest BCUT2D eigenvalue weighted by Crippen LogP contribution is -2.51. The molecule has 0 amide bonds. The molecule has 0 spiro atoms. The van der Waals surface area contributed by atoms with Crippen molar-refractivity contribution in [3.63, 3.8) is 0 Å². The number of halogens is 1. The number of nitrogens with one attached hydrogen (secondary N) is 2. The van der Waals surface area contributed by atoms with Crippen LogP contribution in [-0.2, 0) is 13.0 Å². The van der Waals surface area contributed by atoms with Crippen LogP contribution >= 0.6 is 0 Å². The molecule has 6 nitrogen and oxygen atoms in total. The van der Waals surface area contributed by atoms with Gasteiger partial charge in [-0.05, 0) is 63.0 Å². The van der Waals surface area contributed by atoms with Crippen molar-refractivity contribution in [1.82, 2.24) is 14.9 Å². The minimum Gasteiger partial charge on any atom is -0.392 e. The van der Waals surface area contributed by atoms with Crippen LogP contribution < -0.4 is 16.5 Å². The lowest BCUT2D eigenvalue weighted by Gasteiger charge is -2.40. The molecule has 2 aliphatic rings. The molecule has 158 valence electrons. The van der Waals surface area contributed by atoms with Crippen molar-refractivity contribution < 1.29 is 9.50 Å². The first kappa shape index (κ1) is 20.3. The molecule has 0 radical (unpaired) electrons. The van der Waals surface area contributed by atoms with Crippen LogP contribution in [-0.4, -0.2) is 41.0 Å². The molecule has 1 aromatic carbocycles. The van der Waals surface area contributed by atoms with Crippen molar-refractivity contribution in [3.05, 3.63) is 46.5 Å². The van der Waals surface area contributed by atoms with E-state index in [1.807, 2.05) is 20.0 Å². The maximum absolute atomic E-state index is 14.8. The van der Waals surface area contributed by atoms with Crippen LogP contribution in [0.15, 0.2) is 18.2 Å². The molecule has 2 aliphatic heterocycles. The van der Waals surface area contributed by atoms with E-state index < -0.39 is 0 Å². The highest BCUT2D eigenvalue weighted by Gasteiger charge is 2.34. The van der Waals surface area contributed by atoms with Crippen LogP contribution in [0.1, 0.15) is 61.3 Å². The molecular formula is C22H32FN5O. The van der Waals surface area contributed by atoms with Crippen molar-refractivity contribution in [2.24, 2.45) is 5.73 Å². The van der Waals surface area contributed by atoms with Gasteiger partial charge < -0.3 is 21.6 Å². The van der Waals surface area contributed by atoms with Gasteiger partial charge in [0.15, 0.2) is 0 Å². The maximum atomic E-state index is 14.8. The largest absolute Gasteiger partial charge is 0.392 e. The number of nitrogens with zero attached hydrogens (tertiary/aromatic N) is 2. The minimum atomic E-state index is -0.359. The first-order chi connectivity index (χ1) is 14.0. The molecule has 3 unspecified atom stereocenters. The van der Waals surface area contributed by atoms with Crippen LogP contribution in [0.3, 0.4) is 0 Å². The number of aliphatic hydroxyl groups excluding tert-OH is 1. The third-order valence-corrected chi connectivity index (χ3v) is 6.57. The lowest BCUT2D eigenvalue weighted by atomic mass is 9.94. The number of benzene rings is 1. The zero-order valence-electron chi connectivity index (χ0n) is 17.5. The highest BCUT2D eigenvalue weighted by molar-refractivity contribution is 5.70. The zero-order valence-corrected chi connectivity index (χ0v) is 17.5. The molecule has 5 N–H and O–H groups in total. The fourth-order valence-corrected chi connectivity index (χ4v) is 4.67. The molecule has 3 atom stereocenters. The van der Waals surface area contributed by atoms with Gasteiger partial charge in [0.1, 0.15) is 12.0 Å². The van der Waals surface area contributed by atoms with E-state index in [1.165, 1.54) is 11.8 Å².